The van der Waals surface area contributed by atoms with Crippen LogP contribution in [0.15, 0.2) is 12.2 Å². The third-order valence-electron chi connectivity index (χ3n) is 4.14. The zero-order chi connectivity index (χ0) is 16.5. The Labute approximate surface area is 139 Å². The van der Waals surface area contributed by atoms with Gasteiger partial charge in [0.25, 0.3) is 0 Å². The highest BCUT2D eigenvalue weighted by atomic mass is 16.3. The monoisotopic (exact) mass is 306 g/mol. The maximum absolute atomic E-state index is 9.15. The molecule has 0 radical (unpaired) electrons. The molecule has 0 saturated heterocycles. The van der Waals surface area contributed by atoms with Crippen LogP contribution in [0.3, 0.4) is 0 Å². The molecular weight excluding hydrogens is 268 g/mol. The molecule has 0 saturated carbocycles. The third kappa shape index (κ3) is 17.3. The van der Waals surface area contributed by atoms with Gasteiger partial charge >= 0.3 is 0 Å². The first-order valence-electron chi connectivity index (χ1n) is 9.47. The Kier molecular flexibility index (Phi) is 16.1. The maximum atomic E-state index is 9.15. The fourth-order valence-electron chi connectivity index (χ4n) is 2.69. The van der Waals surface area contributed by atoms with Crippen molar-refractivity contribution in [2.75, 3.05) is 0 Å². The lowest BCUT2D eigenvalue weighted by atomic mass is 10.0. The average Bonchev–Trinajstić information content (AvgIpc) is 2.50. The van der Waals surface area contributed by atoms with E-state index in [-0.39, 0.29) is 0 Å². The van der Waals surface area contributed by atoms with Gasteiger partial charge in [-0.2, -0.15) is 0 Å². The molecule has 0 aliphatic heterocycles. The Morgan fingerprint density at radius 1 is 0.818 bits per heavy atom. The van der Waals surface area contributed by atoms with Crippen molar-refractivity contribution in [2.45, 2.75) is 103 Å². The summed E-state index contributed by atoms with van der Waals surface area (Å²) >= 11 is 0. The van der Waals surface area contributed by atoms with Gasteiger partial charge in [0.2, 0.25) is 0 Å². The van der Waals surface area contributed by atoms with Gasteiger partial charge in [-0.3, -0.25) is 0 Å². The molecule has 0 aliphatic rings. The summed E-state index contributed by atoms with van der Waals surface area (Å²) < 4.78 is 0. The predicted octanol–water partition coefficient (Wildman–Crippen LogP) is 6.26. The van der Waals surface area contributed by atoms with E-state index in [4.69, 9.17) is 11.5 Å². The van der Waals surface area contributed by atoms with E-state index < -0.39 is 6.10 Å². The summed E-state index contributed by atoms with van der Waals surface area (Å²) in [4.78, 5) is 0. The Hall–Kier alpha value is -0.740. The minimum atomic E-state index is -0.703. The number of hydrogen-bond acceptors (Lipinski definition) is 1. The van der Waals surface area contributed by atoms with Gasteiger partial charge in [0, 0.05) is 0 Å². The van der Waals surface area contributed by atoms with Crippen molar-refractivity contribution in [1.29, 1.82) is 0 Å². The number of aliphatic hydroxyl groups is 1. The van der Waals surface area contributed by atoms with Crippen LogP contribution in [0.25, 0.3) is 0 Å². The van der Waals surface area contributed by atoms with Crippen molar-refractivity contribution >= 4 is 0 Å². The Morgan fingerprint density at radius 2 is 1.27 bits per heavy atom. The van der Waals surface area contributed by atoms with Crippen LogP contribution in [0.4, 0.5) is 0 Å². The first-order valence-corrected chi connectivity index (χ1v) is 9.47. The van der Waals surface area contributed by atoms with Gasteiger partial charge in [0.05, 0.1) is 0 Å². The molecule has 0 unspecified atom stereocenters. The van der Waals surface area contributed by atoms with Crippen LogP contribution in [0.2, 0.25) is 0 Å². The maximum Gasteiger partial charge on any atom is 0.133 e. The smallest absolute Gasteiger partial charge is 0.133 e. The Bertz CT molecular complexity index is 285. The first kappa shape index (κ1) is 21.3. The summed E-state index contributed by atoms with van der Waals surface area (Å²) in [5.74, 6) is 3.16. The number of allylic oxidation sites excluding steroid dienone is 1. The zero-order valence-electron chi connectivity index (χ0n) is 15.0. The molecule has 1 N–H and O–H groups in total. The summed E-state index contributed by atoms with van der Waals surface area (Å²) in [6, 6.07) is 0. The van der Waals surface area contributed by atoms with E-state index in [1.54, 1.807) is 6.08 Å². The summed E-state index contributed by atoms with van der Waals surface area (Å²) in [6.07, 6.45) is 25.7. The summed E-state index contributed by atoms with van der Waals surface area (Å²) in [7, 11) is 0. The fourth-order valence-corrected chi connectivity index (χ4v) is 2.69. The summed E-state index contributed by atoms with van der Waals surface area (Å²) in [5.41, 5.74) is 0. The highest BCUT2D eigenvalue weighted by Gasteiger charge is 1.95. The molecule has 0 aliphatic carbocycles. The van der Waals surface area contributed by atoms with E-state index in [0.717, 1.165) is 12.3 Å². The van der Waals surface area contributed by atoms with E-state index in [0.29, 0.717) is 0 Å². The molecule has 1 heteroatoms. The van der Waals surface area contributed by atoms with E-state index in [2.05, 4.69) is 19.8 Å². The van der Waals surface area contributed by atoms with Gasteiger partial charge in [-0.05, 0) is 24.8 Å². The van der Waals surface area contributed by atoms with Crippen molar-refractivity contribution < 1.29 is 5.11 Å². The normalized spacial score (nSPS) is 12.9. The molecular formula is C21H38O. The summed E-state index contributed by atoms with van der Waals surface area (Å²) in [5, 5.41) is 9.15. The van der Waals surface area contributed by atoms with Crippen LogP contribution < -0.4 is 0 Å². The van der Waals surface area contributed by atoms with Gasteiger partial charge in [-0.1, -0.05) is 96.5 Å². The van der Waals surface area contributed by atoms with Gasteiger partial charge in [-0.15, -0.1) is 6.42 Å². The third-order valence-corrected chi connectivity index (χ3v) is 4.14. The van der Waals surface area contributed by atoms with E-state index >= 15 is 0 Å². The van der Waals surface area contributed by atoms with Crippen LogP contribution in [0, 0.1) is 18.3 Å². The number of rotatable bonds is 15. The largest absolute Gasteiger partial charge is 0.377 e. The molecule has 0 rings (SSSR count). The van der Waals surface area contributed by atoms with E-state index in [9.17, 15) is 0 Å². The quantitative estimate of drug-likeness (QED) is 0.215. The predicted molar refractivity (Wildman–Crippen MR) is 98.8 cm³/mol. The number of unbranched alkanes of at least 4 members (excludes halogenated alkanes) is 11. The molecule has 128 valence electrons. The van der Waals surface area contributed by atoms with Crippen molar-refractivity contribution in [3.63, 3.8) is 0 Å². The van der Waals surface area contributed by atoms with Crippen LogP contribution in [-0.4, -0.2) is 11.2 Å². The van der Waals surface area contributed by atoms with Crippen molar-refractivity contribution in [2.24, 2.45) is 5.92 Å². The molecule has 0 aromatic heterocycles. The van der Waals surface area contributed by atoms with Gasteiger partial charge in [0.1, 0.15) is 6.10 Å². The number of terminal acetylenes is 1. The van der Waals surface area contributed by atoms with Crippen molar-refractivity contribution in [3.8, 4) is 12.3 Å². The van der Waals surface area contributed by atoms with Gasteiger partial charge < -0.3 is 5.11 Å². The standard InChI is InChI=1S/C21H38O/c1-4-21(22)19-17-15-13-11-9-7-5-6-8-10-12-14-16-18-20(2)3/h1,17,19-22H,5-16,18H2,2-3H3/b19-17+/t21-/m0/s1. The molecule has 0 heterocycles. The highest BCUT2D eigenvalue weighted by molar-refractivity contribution is 5.05. The zero-order valence-corrected chi connectivity index (χ0v) is 15.0. The van der Waals surface area contributed by atoms with Crippen LogP contribution >= 0.6 is 0 Å². The number of aliphatic hydroxyl groups excluding tert-OH is 1. The molecule has 0 fully saturated rings. The molecule has 0 bridgehead atoms. The van der Waals surface area contributed by atoms with Crippen LogP contribution in [0.5, 0.6) is 0 Å². The highest BCUT2D eigenvalue weighted by Crippen LogP contribution is 2.14. The second kappa shape index (κ2) is 16.6. The minimum Gasteiger partial charge on any atom is -0.377 e. The summed E-state index contributed by atoms with van der Waals surface area (Å²) in [6.45, 7) is 4.63. The lowest BCUT2D eigenvalue weighted by molar-refractivity contribution is 0.280. The van der Waals surface area contributed by atoms with Crippen LogP contribution in [0.1, 0.15) is 97.3 Å². The molecule has 0 aromatic carbocycles. The molecule has 1 nitrogen and oxygen atoms in total. The second-order valence-electron chi connectivity index (χ2n) is 6.90. The van der Waals surface area contributed by atoms with E-state index in [1.807, 2.05) is 6.08 Å². The van der Waals surface area contributed by atoms with Crippen molar-refractivity contribution in [1.82, 2.24) is 0 Å². The lowest BCUT2D eigenvalue weighted by Gasteiger charge is -2.04. The SMILES string of the molecule is C#C[C@H](O)/C=C/CCCCCCCCCCCCCC(C)C. The molecule has 22 heavy (non-hydrogen) atoms. The Balaban J connectivity index is 3.09. The minimum absolute atomic E-state index is 0.703. The van der Waals surface area contributed by atoms with Gasteiger partial charge in [-0.25, -0.2) is 0 Å². The first-order chi connectivity index (χ1) is 10.7. The Morgan fingerprint density at radius 3 is 1.73 bits per heavy atom. The van der Waals surface area contributed by atoms with Crippen molar-refractivity contribution in [3.05, 3.63) is 12.2 Å². The topological polar surface area (TPSA) is 20.2 Å². The average molecular weight is 307 g/mol. The lowest BCUT2D eigenvalue weighted by Crippen LogP contribution is -1.95. The van der Waals surface area contributed by atoms with Crippen LogP contribution in [-0.2, 0) is 0 Å². The van der Waals surface area contributed by atoms with E-state index in [1.165, 1.54) is 77.0 Å². The molecule has 0 spiro atoms. The van der Waals surface area contributed by atoms with Gasteiger partial charge in [0.15, 0.2) is 0 Å². The fraction of sp³-hybridized carbons (Fsp3) is 0.810. The molecule has 0 aromatic rings. The number of hydrogen-bond donors (Lipinski definition) is 1. The molecule has 0 amide bonds. The second-order valence-corrected chi connectivity index (χ2v) is 6.90. The molecule has 1 atom stereocenters.